The summed E-state index contributed by atoms with van der Waals surface area (Å²) in [4.78, 5) is 29.1. The normalized spacial score (nSPS) is 15.6. The number of H-pyrrole nitrogens is 1. The number of hydrogen-bond acceptors (Lipinski definition) is 4. The van der Waals surface area contributed by atoms with Crippen LogP contribution in [-0.2, 0) is 0 Å². The number of carbonyl (C=O) groups is 1. The lowest BCUT2D eigenvalue weighted by Gasteiger charge is -2.36. The molecule has 1 unspecified atom stereocenters. The molecule has 2 aromatic heterocycles. The topological polar surface area (TPSA) is 77.2 Å². The molecule has 1 aliphatic rings. The van der Waals surface area contributed by atoms with Crippen LogP contribution in [-0.4, -0.2) is 52.1 Å². The Balaban J connectivity index is 1.39. The van der Waals surface area contributed by atoms with Crippen LogP contribution in [0.2, 0.25) is 0 Å². The van der Waals surface area contributed by atoms with Crippen molar-refractivity contribution in [2.24, 2.45) is 0 Å². The number of benzene rings is 1. The maximum Gasteiger partial charge on any atom is 0.318 e. The van der Waals surface area contributed by atoms with Gasteiger partial charge in [-0.05, 0) is 43.2 Å². The highest BCUT2D eigenvalue weighted by molar-refractivity contribution is 5.77. The van der Waals surface area contributed by atoms with E-state index in [1.54, 1.807) is 12.4 Å². The highest BCUT2D eigenvalue weighted by atomic mass is 16.2. The second-order valence-corrected chi connectivity index (χ2v) is 7.23. The third kappa shape index (κ3) is 3.78. The van der Waals surface area contributed by atoms with Gasteiger partial charge in [0.15, 0.2) is 0 Å². The number of pyridine rings is 1. The van der Waals surface area contributed by atoms with Crippen LogP contribution in [0.25, 0.3) is 11.0 Å². The maximum atomic E-state index is 12.8. The van der Waals surface area contributed by atoms with Gasteiger partial charge in [-0.3, -0.25) is 4.98 Å². The molecule has 0 spiro atoms. The van der Waals surface area contributed by atoms with Crippen LogP contribution in [0.5, 0.6) is 0 Å². The molecule has 0 saturated carbocycles. The first-order valence-electron chi connectivity index (χ1n) is 9.80. The minimum Gasteiger partial charge on any atom is -0.368 e. The summed E-state index contributed by atoms with van der Waals surface area (Å²) in [5.74, 6) is 0.812. The molecule has 3 heterocycles. The van der Waals surface area contributed by atoms with E-state index in [0.29, 0.717) is 13.1 Å². The lowest BCUT2D eigenvalue weighted by molar-refractivity contribution is 0.189. The molecule has 0 aliphatic carbocycles. The number of aromatic nitrogens is 3. The van der Waals surface area contributed by atoms with Crippen LogP contribution >= 0.6 is 0 Å². The highest BCUT2D eigenvalue weighted by Crippen LogP contribution is 2.20. The average molecular weight is 378 g/mol. The standard InChI is InChI=1S/C21H26N6O/c1-3-17(20-23-18-5-4-15(2)14-19(18)24-20)25-21(28)27-12-10-26(11-13-27)16-6-8-22-9-7-16/h4-9,14,17H,3,10-13H2,1-2H3,(H,23,24)(H,25,28). The van der Waals surface area contributed by atoms with Crippen LogP contribution in [0.1, 0.15) is 30.8 Å². The van der Waals surface area contributed by atoms with Crippen molar-refractivity contribution in [1.29, 1.82) is 0 Å². The number of rotatable bonds is 4. The van der Waals surface area contributed by atoms with Crippen LogP contribution < -0.4 is 10.2 Å². The van der Waals surface area contributed by atoms with E-state index in [2.05, 4.69) is 51.1 Å². The first-order valence-corrected chi connectivity index (χ1v) is 9.80. The first-order chi connectivity index (χ1) is 13.6. The van der Waals surface area contributed by atoms with Crippen molar-refractivity contribution < 1.29 is 4.79 Å². The molecule has 1 aliphatic heterocycles. The van der Waals surface area contributed by atoms with E-state index in [1.807, 2.05) is 23.1 Å². The number of piperazine rings is 1. The van der Waals surface area contributed by atoms with Crippen LogP contribution in [0.15, 0.2) is 42.7 Å². The van der Waals surface area contributed by atoms with E-state index in [1.165, 1.54) is 5.56 Å². The molecule has 2 amide bonds. The van der Waals surface area contributed by atoms with E-state index in [0.717, 1.165) is 42.1 Å². The smallest absolute Gasteiger partial charge is 0.318 e. The number of aryl methyl sites for hydroxylation is 1. The van der Waals surface area contributed by atoms with Crippen molar-refractivity contribution >= 4 is 22.8 Å². The lowest BCUT2D eigenvalue weighted by Crippen LogP contribution is -2.52. The molecule has 3 aromatic rings. The zero-order chi connectivity index (χ0) is 19.5. The van der Waals surface area contributed by atoms with Crippen molar-refractivity contribution in [2.45, 2.75) is 26.3 Å². The summed E-state index contributed by atoms with van der Waals surface area (Å²) in [6.07, 6.45) is 4.38. The number of carbonyl (C=O) groups excluding carboxylic acids is 1. The fourth-order valence-electron chi connectivity index (χ4n) is 3.63. The van der Waals surface area contributed by atoms with E-state index < -0.39 is 0 Å². The van der Waals surface area contributed by atoms with E-state index in [4.69, 9.17) is 0 Å². The summed E-state index contributed by atoms with van der Waals surface area (Å²) < 4.78 is 0. The van der Waals surface area contributed by atoms with Gasteiger partial charge in [0.05, 0.1) is 17.1 Å². The Labute approximate surface area is 164 Å². The van der Waals surface area contributed by atoms with E-state index >= 15 is 0 Å². The van der Waals surface area contributed by atoms with Gasteiger partial charge in [0, 0.05) is 44.3 Å². The average Bonchev–Trinajstić information content (AvgIpc) is 3.15. The molecule has 1 fully saturated rings. The maximum absolute atomic E-state index is 12.8. The third-order valence-electron chi connectivity index (χ3n) is 5.29. The third-order valence-corrected chi connectivity index (χ3v) is 5.29. The first kappa shape index (κ1) is 18.3. The lowest BCUT2D eigenvalue weighted by atomic mass is 10.2. The van der Waals surface area contributed by atoms with Crippen molar-refractivity contribution in [3.63, 3.8) is 0 Å². The van der Waals surface area contributed by atoms with Crippen LogP contribution in [0, 0.1) is 6.92 Å². The van der Waals surface area contributed by atoms with Gasteiger partial charge in [0.25, 0.3) is 0 Å². The van der Waals surface area contributed by atoms with Crippen molar-refractivity contribution in [1.82, 2.24) is 25.2 Å². The number of amides is 2. The van der Waals surface area contributed by atoms with Gasteiger partial charge >= 0.3 is 6.03 Å². The van der Waals surface area contributed by atoms with Gasteiger partial charge in [-0.1, -0.05) is 13.0 Å². The van der Waals surface area contributed by atoms with Gasteiger partial charge in [-0.2, -0.15) is 0 Å². The van der Waals surface area contributed by atoms with Gasteiger partial charge in [0.1, 0.15) is 5.82 Å². The van der Waals surface area contributed by atoms with Crippen LogP contribution in [0.4, 0.5) is 10.5 Å². The summed E-state index contributed by atoms with van der Waals surface area (Å²) in [6, 6.07) is 10.00. The van der Waals surface area contributed by atoms with Crippen LogP contribution in [0.3, 0.4) is 0 Å². The Morgan fingerprint density at radius 3 is 2.64 bits per heavy atom. The molecule has 146 valence electrons. The summed E-state index contributed by atoms with van der Waals surface area (Å²) in [5.41, 5.74) is 4.28. The molecule has 1 aromatic carbocycles. The number of hydrogen-bond donors (Lipinski definition) is 2. The Morgan fingerprint density at radius 2 is 1.93 bits per heavy atom. The molecular weight excluding hydrogens is 352 g/mol. The number of nitrogens with one attached hydrogen (secondary N) is 2. The molecule has 7 heteroatoms. The van der Waals surface area contributed by atoms with Crippen molar-refractivity contribution in [2.75, 3.05) is 31.1 Å². The molecule has 7 nitrogen and oxygen atoms in total. The second-order valence-electron chi connectivity index (χ2n) is 7.23. The molecule has 1 atom stereocenters. The molecule has 0 bridgehead atoms. The summed E-state index contributed by atoms with van der Waals surface area (Å²) in [5, 5.41) is 3.15. The Bertz CT molecular complexity index is 946. The number of anilines is 1. The predicted molar refractivity (Wildman–Crippen MR) is 110 cm³/mol. The second kappa shape index (κ2) is 7.88. The van der Waals surface area contributed by atoms with Crippen molar-refractivity contribution in [3.8, 4) is 0 Å². The fourth-order valence-corrected chi connectivity index (χ4v) is 3.63. The predicted octanol–water partition coefficient (Wildman–Crippen LogP) is 3.25. The summed E-state index contributed by atoms with van der Waals surface area (Å²) in [7, 11) is 0. The molecule has 28 heavy (non-hydrogen) atoms. The Hall–Kier alpha value is -3.09. The molecule has 2 N–H and O–H groups in total. The fraction of sp³-hybridized carbons (Fsp3) is 0.381. The minimum atomic E-state index is -0.126. The summed E-state index contributed by atoms with van der Waals surface area (Å²) >= 11 is 0. The molecular formula is C21H26N6O. The zero-order valence-corrected chi connectivity index (χ0v) is 16.4. The van der Waals surface area contributed by atoms with Crippen molar-refractivity contribution in [3.05, 3.63) is 54.1 Å². The van der Waals surface area contributed by atoms with Gasteiger partial charge in [-0.25, -0.2) is 9.78 Å². The largest absolute Gasteiger partial charge is 0.368 e. The monoisotopic (exact) mass is 378 g/mol. The molecule has 4 rings (SSSR count). The molecule has 1 saturated heterocycles. The number of imidazole rings is 1. The molecule has 0 radical (unpaired) electrons. The van der Waals surface area contributed by atoms with E-state index in [9.17, 15) is 4.79 Å². The quantitative estimate of drug-likeness (QED) is 0.731. The minimum absolute atomic E-state index is 0.0298. The number of nitrogens with zero attached hydrogens (tertiary/aromatic N) is 4. The Morgan fingerprint density at radius 1 is 1.18 bits per heavy atom. The number of aromatic amines is 1. The number of fused-ring (bicyclic) bond motifs is 1. The highest BCUT2D eigenvalue weighted by Gasteiger charge is 2.24. The van der Waals surface area contributed by atoms with Gasteiger partial charge in [-0.15, -0.1) is 0 Å². The van der Waals surface area contributed by atoms with Gasteiger partial charge in [0.2, 0.25) is 0 Å². The SMILES string of the molecule is CCC(NC(=O)N1CCN(c2ccncc2)CC1)c1nc2ccc(C)cc2[nH]1. The van der Waals surface area contributed by atoms with E-state index in [-0.39, 0.29) is 12.1 Å². The Kier molecular flexibility index (Phi) is 5.14. The zero-order valence-electron chi connectivity index (χ0n) is 16.4. The van der Waals surface area contributed by atoms with Gasteiger partial charge < -0.3 is 20.1 Å². The summed E-state index contributed by atoms with van der Waals surface area (Å²) in [6.45, 7) is 7.15. The number of urea groups is 1.